The van der Waals surface area contributed by atoms with E-state index in [1.165, 1.54) is 0 Å². The molecule has 1 aromatic heterocycles. The fourth-order valence-corrected chi connectivity index (χ4v) is 1.92. The van der Waals surface area contributed by atoms with E-state index in [0.717, 1.165) is 30.1 Å². The van der Waals surface area contributed by atoms with Crippen molar-refractivity contribution >= 4 is 0 Å². The molecule has 2 rings (SSSR count). The normalized spacial score (nSPS) is 11.0. The molecule has 0 saturated carbocycles. The first-order valence-electron chi connectivity index (χ1n) is 6.85. The molecule has 1 heterocycles. The van der Waals surface area contributed by atoms with E-state index in [4.69, 9.17) is 9.26 Å². The first-order valence-corrected chi connectivity index (χ1v) is 6.85. The molecule has 5 heteroatoms. The number of hydrogen-bond donors (Lipinski definition) is 1. The average molecular weight is 275 g/mol. The van der Waals surface area contributed by atoms with Gasteiger partial charge in [0, 0.05) is 18.5 Å². The molecule has 108 valence electrons. The van der Waals surface area contributed by atoms with Crippen LogP contribution in [0.25, 0.3) is 0 Å². The molecule has 0 saturated heterocycles. The van der Waals surface area contributed by atoms with Crippen LogP contribution >= 0.6 is 0 Å². The van der Waals surface area contributed by atoms with Crippen molar-refractivity contribution < 1.29 is 9.26 Å². The van der Waals surface area contributed by atoms with Crippen molar-refractivity contribution in [2.24, 2.45) is 5.92 Å². The number of aromatic nitrogens is 2. The van der Waals surface area contributed by atoms with Crippen molar-refractivity contribution in [2.45, 2.75) is 33.4 Å². The van der Waals surface area contributed by atoms with Crippen molar-refractivity contribution in [3.05, 3.63) is 41.5 Å². The first-order chi connectivity index (χ1) is 9.69. The average Bonchev–Trinajstić information content (AvgIpc) is 2.85. The molecule has 0 spiro atoms. The summed E-state index contributed by atoms with van der Waals surface area (Å²) in [4.78, 5) is 4.32. The van der Waals surface area contributed by atoms with Gasteiger partial charge in [-0.1, -0.05) is 37.2 Å². The van der Waals surface area contributed by atoms with Gasteiger partial charge < -0.3 is 14.6 Å². The number of para-hydroxylation sites is 1. The zero-order valence-corrected chi connectivity index (χ0v) is 12.2. The fraction of sp³-hybridized carbons (Fsp3) is 0.467. The lowest BCUT2D eigenvalue weighted by atomic mass is 10.1. The minimum Gasteiger partial charge on any atom is -0.483 e. The second kappa shape index (κ2) is 7.05. The Morgan fingerprint density at radius 1 is 1.30 bits per heavy atom. The molecule has 2 aromatic rings. The summed E-state index contributed by atoms with van der Waals surface area (Å²) in [6.45, 7) is 5.31. The molecule has 0 aliphatic carbocycles. The van der Waals surface area contributed by atoms with Gasteiger partial charge in [0.25, 0.3) is 5.89 Å². The van der Waals surface area contributed by atoms with Gasteiger partial charge in [0.05, 0.1) is 0 Å². The molecule has 1 N–H and O–H groups in total. The minimum atomic E-state index is 0.297. The van der Waals surface area contributed by atoms with Crippen molar-refractivity contribution in [1.82, 2.24) is 15.5 Å². The van der Waals surface area contributed by atoms with Gasteiger partial charge in [-0.15, -0.1) is 0 Å². The summed E-state index contributed by atoms with van der Waals surface area (Å²) >= 11 is 0. The predicted molar refractivity (Wildman–Crippen MR) is 76.4 cm³/mol. The highest BCUT2D eigenvalue weighted by Gasteiger charge is 2.09. The third-order valence-corrected chi connectivity index (χ3v) is 2.79. The Kier molecular flexibility index (Phi) is 5.12. The van der Waals surface area contributed by atoms with Crippen LogP contribution in [-0.4, -0.2) is 17.2 Å². The van der Waals surface area contributed by atoms with Crippen molar-refractivity contribution in [3.63, 3.8) is 0 Å². The quantitative estimate of drug-likeness (QED) is 0.841. The Balaban J connectivity index is 1.96. The van der Waals surface area contributed by atoms with Crippen LogP contribution in [-0.2, 0) is 19.6 Å². The van der Waals surface area contributed by atoms with Crippen LogP contribution in [0.4, 0.5) is 0 Å². The zero-order chi connectivity index (χ0) is 14.4. The Morgan fingerprint density at radius 3 is 2.85 bits per heavy atom. The molecule has 0 amide bonds. The molecule has 0 atom stereocenters. The van der Waals surface area contributed by atoms with E-state index in [9.17, 15) is 0 Å². The van der Waals surface area contributed by atoms with Crippen molar-refractivity contribution in [3.8, 4) is 5.75 Å². The van der Waals surface area contributed by atoms with Crippen molar-refractivity contribution in [1.29, 1.82) is 0 Å². The summed E-state index contributed by atoms with van der Waals surface area (Å²) in [6.07, 6.45) is 0.819. The summed E-state index contributed by atoms with van der Waals surface area (Å²) in [5.41, 5.74) is 1.11. The number of nitrogens with one attached hydrogen (secondary N) is 1. The third kappa shape index (κ3) is 4.06. The van der Waals surface area contributed by atoms with E-state index in [2.05, 4.69) is 29.3 Å². The molecular weight excluding hydrogens is 254 g/mol. The molecule has 0 aliphatic heterocycles. The molecule has 20 heavy (non-hydrogen) atoms. The third-order valence-electron chi connectivity index (χ3n) is 2.79. The van der Waals surface area contributed by atoms with Gasteiger partial charge in [-0.25, -0.2) is 0 Å². The maximum absolute atomic E-state index is 5.76. The standard InChI is InChI=1S/C15H21N3O2/c1-11(2)8-14-17-15(20-18-14)10-19-13-7-5-4-6-12(13)9-16-3/h4-7,11,16H,8-10H2,1-3H3. The van der Waals surface area contributed by atoms with Crippen LogP contribution in [0.1, 0.15) is 31.1 Å². The highest BCUT2D eigenvalue weighted by molar-refractivity contribution is 5.33. The number of benzene rings is 1. The van der Waals surface area contributed by atoms with Crippen LogP contribution in [0.15, 0.2) is 28.8 Å². The van der Waals surface area contributed by atoms with Gasteiger partial charge in [0.1, 0.15) is 5.75 Å². The van der Waals surface area contributed by atoms with Crippen LogP contribution in [0.3, 0.4) is 0 Å². The lowest BCUT2D eigenvalue weighted by molar-refractivity contribution is 0.240. The van der Waals surface area contributed by atoms with Gasteiger partial charge in [-0.05, 0) is 19.0 Å². The number of hydrogen-bond acceptors (Lipinski definition) is 5. The van der Waals surface area contributed by atoms with Gasteiger partial charge in [-0.3, -0.25) is 0 Å². The van der Waals surface area contributed by atoms with E-state index in [-0.39, 0.29) is 0 Å². The van der Waals surface area contributed by atoms with Crippen molar-refractivity contribution in [2.75, 3.05) is 7.05 Å². The van der Waals surface area contributed by atoms with Crippen LogP contribution in [0.2, 0.25) is 0 Å². The number of rotatable bonds is 7. The Labute approximate surface area is 119 Å². The maximum atomic E-state index is 5.76. The second-order valence-electron chi connectivity index (χ2n) is 5.13. The van der Waals surface area contributed by atoms with E-state index in [1.54, 1.807) is 0 Å². The van der Waals surface area contributed by atoms with E-state index >= 15 is 0 Å². The molecule has 5 nitrogen and oxygen atoms in total. The molecular formula is C15H21N3O2. The fourth-order valence-electron chi connectivity index (χ4n) is 1.92. The van der Waals surface area contributed by atoms with E-state index in [1.807, 2.05) is 31.3 Å². The minimum absolute atomic E-state index is 0.297. The zero-order valence-electron chi connectivity index (χ0n) is 12.2. The largest absolute Gasteiger partial charge is 0.483 e. The first kappa shape index (κ1) is 14.5. The number of nitrogens with zero attached hydrogens (tertiary/aromatic N) is 2. The molecule has 0 bridgehead atoms. The maximum Gasteiger partial charge on any atom is 0.264 e. The molecule has 0 fully saturated rings. The van der Waals surface area contributed by atoms with Crippen LogP contribution in [0, 0.1) is 5.92 Å². The smallest absolute Gasteiger partial charge is 0.264 e. The van der Waals surface area contributed by atoms with Crippen LogP contribution in [0.5, 0.6) is 5.75 Å². The molecule has 1 aromatic carbocycles. The SMILES string of the molecule is CNCc1ccccc1OCc1nc(CC(C)C)no1. The van der Waals surface area contributed by atoms with Gasteiger partial charge >= 0.3 is 0 Å². The summed E-state index contributed by atoms with van der Waals surface area (Å²) in [5, 5.41) is 7.07. The molecule has 0 unspecified atom stereocenters. The Hall–Kier alpha value is -1.88. The summed E-state index contributed by atoms with van der Waals surface area (Å²) in [7, 11) is 1.91. The summed E-state index contributed by atoms with van der Waals surface area (Å²) in [5.74, 6) is 2.60. The van der Waals surface area contributed by atoms with Gasteiger partial charge in [-0.2, -0.15) is 4.98 Å². The van der Waals surface area contributed by atoms with Crippen LogP contribution < -0.4 is 10.1 Å². The monoisotopic (exact) mass is 275 g/mol. The molecule has 0 aliphatic rings. The predicted octanol–water partition coefficient (Wildman–Crippen LogP) is 2.57. The Morgan fingerprint density at radius 2 is 2.10 bits per heavy atom. The lowest BCUT2D eigenvalue weighted by Gasteiger charge is -2.09. The second-order valence-corrected chi connectivity index (χ2v) is 5.13. The summed E-state index contributed by atoms with van der Waals surface area (Å²) in [6, 6.07) is 7.92. The lowest BCUT2D eigenvalue weighted by Crippen LogP contribution is -2.07. The topological polar surface area (TPSA) is 60.2 Å². The molecule has 0 radical (unpaired) electrons. The van der Waals surface area contributed by atoms with E-state index < -0.39 is 0 Å². The summed E-state index contributed by atoms with van der Waals surface area (Å²) < 4.78 is 10.9. The van der Waals surface area contributed by atoms with Gasteiger partial charge in [0.2, 0.25) is 0 Å². The van der Waals surface area contributed by atoms with Gasteiger partial charge in [0.15, 0.2) is 12.4 Å². The Bertz CT molecular complexity index is 537. The number of ether oxygens (including phenoxy) is 1. The highest BCUT2D eigenvalue weighted by Crippen LogP contribution is 2.19. The highest BCUT2D eigenvalue weighted by atomic mass is 16.5. The van der Waals surface area contributed by atoms with E-state index in [0.29, 0.717) is 18.4 Å².